The van der Waals surface area contributed by atoms with E-state index in [1.54, 1.807) is 0 Å². The average Bonchev–Trinajstić information content (AvgIpc) is 2.19. The topological polar surface area (TPSA) is 18.5 Å². The summed E-state index contributed by atoms with van der Waals surface area (Å²) >= 11 is 0. The SMILES string of the molecule is Fc1ccc(OCCOCC(F)(F)F)cc1. The molecule has 0 saturated heterocycles. The maximum Gasteiger partial charge on any atom is 0.411 e. The van der Waals surface area contributed by atoms with E-state index in [1.807, 2.05) is 0 Å². The van der Waals surface area contributed by atoms with Crippen molar-refractivity contribution in [2.45, 2.75) is 6.18 Å². The van der Waals surface area contributed by atoms with Crippen LogP contribution >= 0.6 is 0 Å². The zero-order valence-electron chi connectivity index (χ0n) is 8.26. The molecule has 0 N–H and O–H groups in total. The summed E-state index contributed by atoms with van der Waals surface area (Å²) < 4.78 is 56.7. The standard InChI is InChI=1S/C10H10F4O2/c11-8-1-3-9(4-2-8)16-6-5-15-7-10(12,13)14/h1-4H,5-7H2. The summed E-state index contributed by atoms with van der Waals surface area (Å²) in [5.74, 6) is -0.0160. The second kappa shape index (κ2) is 5.69. The van der Waals surface area contributed by atoms with E-state index >= 15 is 0 Å². The Kier molecular flexibility index (Phi) is 4.54. The molecule has 1 aromatic carbocycles. The molecule has 1 aromatic rings. The molecular formula is C10H10F4O2. The Morgan fingerprint density at radius 3 is 2.19 bits per heavy atom. The van der Waals surface area contributed by atoms with Crippen molar-refractivity contribution in [1.82, 2.24) is 0 Å². The number of benzene rings is 1. The zero-order valence-corrected chi connectivity index (χ0v) is 8.26. The van der Waals surface area contributed by atoms with Crippen LogP contribution in [0.5, 0.6) is 5.75 Å². The monoisotopic (exact) mass is 238 g/mol. The molecule has 0 heterocycles. The van der Waals surface area contributed by atoms with E-state index in [-0.39, 0.29) is 13.2 Å². The van der Waals surface area contributed by atoms with Crippen molar-refractivity contribution in [3.63, 3.8) is 0 Å². The fraction of sp³-hybridized carbons (Fsp3) is 0.400. The molecule has 0 bridgehead atoms. The minimum atomic E-state index is -4.32. The Bertz CT molecular complexity index is 308. The number of hydrogen-bond donors (Lipinski definition) is 0. The average molecular weight is 238 g/mol. The third kappa shape index (κ3) is 5.55. The van der Waals surface area contributed by atoms with Crippen LogP contribution < -0.4 is 4.74 Å². The predicted octanol–water partition coefficient (Wildman–Crippen LogP) is 2.78. The van der Waals surface area contributed by atoms with E-state index in [0.717, 1.165) is 0 Å². The largest absolute Gasteiger partial charge is 0.491 e. The molecule has 0 atom stereocenters. The molecule has 0 aromatic heterocycles. The van der Waals surface area contributed by atoms with Crippen LogP contribution in [0, 0.1) is 5.82 Å². The summed E-state index contributed by atoms with van der Waals surface area (Å²) in [5.41, 5.74) is 0. The van der Waals surface area contributed by atoms with Gasteiger partial charge >= 0.3 is 6.18 Å². The highest BCUT2D eigenvalue weighted by Crippen LogP contribution is 2.14. The lowest BCUT2D eigenvalue weighted by Crippen LogP contribution is -2.19. The van der Waals surface area contributed by atoms with E-state index in [4.69, 9.17) is 4.74 Å². The lowest BCUT2D eigenvalue weighted by molar-refractivity contribution is -0.175. The van der Waals surface area contributed by atoms with Gasteiger partial charge in [0.25, 0.3) is 0 Å². The molecule has 0 radical (unpaired) electrons. The minimum Gasteiger partial charge on any atom is -0.491 e. The fourth-order valence-electron chi connectivity index (χ4n) is 0.937. The molecule has 16 heavy (non-hydrogen) atoms. The van der Waals surface area contributed by atoms with Gasteiger partial charge < -0.3 is 9.47 Å². The van der Waals surface area contributed by atoms with Crippen molar-refractivity contribution < 1.29 is 27.0 Å². The molecule has 0 aliphatic heterocycles. The van der Waals surface area contributed by atoms with Gasteiger partial charge in [-0.15, -0.1) is 0 Å². The Hall–Kier alpha value is -1.30. The number of halogens is 4. The lowest BCUT2D eigenvalue weighted by atomic mass is 10.3. The van der Waals surface area contributed by atoms with Gasteiger partial charge in [-0.05, 0) is 24.3 Å². The first-order chi connectivity index (χ1) is 7.47. The Labute approximate surface area is 89.8 Å². The summed E-state index contributed by atoms with van der Waals surface area (Å²) in [4.78, 5) is 0. The molecule has 2 nitrogen and oxygen atoms in total. The van der Waals surface area contributed by atoms with Crippen LogP contribution in [0.25, 0.3) is 0 Å². The van der Waals surface area contributed by atoms with Crippen molar-refractivity contribution in [3.8, 4) is 5.75 Å². The van der Waals surface area contributed by atoms with Gasteiger partial charge in [0, 0.05) is 0 Å². The molecular weight excluding hydrogens is 228 g/mol. The van der Waals surface area contributed by atoms with Crippen molar-refractivity contribution in [2.75, 3.05) is 19.8 Å². The van der Waals surface area contributed by atoms with Crippen molar-refractivity contribution >= 4 is 0 Å². The zero-order chi connectivity index (χ0) is 12.0. The van der Waals surface area contributed by atoms with E-state index in [0.29, 0.717) is 5.75 Å². The maximum atomic E-state index is 12.5. The summed E-state index contributed by atoms with van der Waals surface area (Å²) in [5, 5.41) is 0. The number of hydrogen-bond acceptors (Lipinski definition) is 2. The highest BCUT2D eigenvalue weighted by molar-refractivity contribution is 5.21. The van der Waals surface area contributed by atoms with Gasteiger partial charge in [-0.3, -0.25) is 0 Å². The Balaban J connectivity index is 2.14. The van der Waals surface area contributed by atoms with Gasteiger partial charge in [0.15, 0.2) is 0 Å². The smallest absolute Gasteiger partial charge is 0.411 e. The number of ether oxygens (including phenoxy) is 2. The van der Waals surface area contributed by atoms with Crippen molar-refractivity contribution in [2.24, 2.45) is 0 Å². The first kappa shape index (κ1) is 12.8. The molecule has 0 fully saturated rings. The number of rotatable bonds is 5. The van der Waals surface area contributed by atoms with Crippen LogP contribution in [0.2, 0.25) is 0 Å². The first-order valence-electron chi connectivity index (χ1n) is 4.50. The predicted molar refractivity (Wildman–Crippen MR) is 48.8 cm³/mol. The third-order valence-corrected chi connectivity index (χ3v) is 1.58. The Morgan fingerprint density at radius 1 is 1.00 bits per heavy atom. The van der Waals surface area contributed by atoms with E-state index in [1.165, 1.54) is 24.3 Å². The molecule has 0 spiro atoms. The molecule has 0 aliphatic carbocycles. The molecule has 0 saturated carbocycles. The summed E-state index contributed by atoms with van der Waals surface area (Å²) in [7, 11) is 0. The molecule has 90 valence electrons. The second-order valence-corrected chi connectivity index (χ2v) is 2.97. The summed E-state index contributed by atoms with van der Waals surface area (Å²) in [6, 6.07) is 5.18. The van der Waals surface area contributed by atoms with Gasteiger partial charge in [-0.1, -0.05) is 0 Å². The van der Waals surface area contributed by atoms with Crippen LogP contribution in [-0.2, 0) is 4.74 Å². The second-order valence-electron chi connectivity index (χ2n) is 2.97. The molecule has 6 heteroatoms. The van der Waals surface area contributed by atoms with E-state index in [9.17, 15) is 17.6 Å². The fourth-order valence-corrected chi connectivity index (χ4v) is 0.937. The van der Waals surface area contributed by atoms with Gasteiger partial charge in [-0.25, -0.2) is 4.39 Å². The number of alkyl halides is 3. The van der Waals surface area contributed by atoms with E-state index < -0.39 is 18.6 Å². The van der Waals surface area contributed by atoms with Gasteiger partial charge in [0.1, 0.15) is 24.8 Å². The van der Waals surface area contributed by atoms with Gasteiger partial charge in [-0.2, -0.15) is 13.2 Å². The van der Waals surface area contributed by atoms with Crippen LogP contribution in [0.15, 0.2) is 24.3 Å². The Morgan fingerprint density at radius 2 is 1.62 bits per heavy atom. The van der Waals surface area contributed by atoms with Crippen molar-refractivity contribution in [3.05, 3.63) is 30.1 Å². The van der Waals surface area contributed by atoms with E-state index in [2.05, 4.69) is 4.74 Å². The van der Waals surface area contributed by atoms with Crippen LogP contribution in [-0.4, -0.2) is 26.0 Å². The normalized spacial score (nSPS) is 11.5. The highest BCUT2D eigenvalue weighted by Gasteiger charge is 2.27. The first-order valence-corrected chi connectivity index (χ1v) is 4.50. The molecule has 0 amide bonds. The summed E-state index contributed by atoms with van der Waals surface area (Å²) in [6.45, 7) is -1.47. The highest BCUT2D eigenvalue weighted by atomic mass is 19.4. The van der Waals surface area contributed by atoms with Crippen LogP contribution in [0.1, 0.15) is 0 Å². The quantitative estimate of drug-likeness (QED) is 0.580. The summed E-state index contributed by atoms with van der Waals surface area (Å²) in [6.07, 6.45) is -4.32. The van der Waals surface area contributed by atoms with Crippen LogP contribution in [0.3, 0.4) is 0 Å². The van der Waals surface area contributed by atoms with Gasteiger partial charge in [0.2, 0.25) is 0 Å². The lowest BCUT2D eigenvalue weighted by Gasteiger charge is -2.08. The molecule has 0 unspecified atom stereocenters. The molecule has 1 rings (SSSR count). The van der Waals surface area contributed by atoms with Crippen LogP contribution in [0.4, 0.5) is 17.6 Å². The maximum absolute atomic E-state index is 12.5. The van der Waals surface area contributed by atoms with Crippen molar-refractivity contribution in [1.29, 1.82) is 0 Å². The third-order valence-electron chi connectivity index (χ3n) is 1.58. The molecule has 0 aliphatic rings. The minimum absolute atomic E-state index is 0.0122. The van der Waals surface area contributed by atoms with Gasteiger partial charge in [0.05, 0.1) is 6.61 Å².